The van der Waals surface area contributed by atoms with E-state index >= 15 is 0 Å². The first-order valence-corrected chi connectivity index (χ1v) is 11.8. The zero-order valence-electron chi connectivity index (χ0n) is 19.0. The molecule has 0 bridgehead atoms. The van der Waals surface area contributed by atoms with Gasteiger partial charge in [-0.1, -0.05) is 26.2 Å². The van der Waals surface area contributed by atoms with Crippen molar-refractivity contribution in [2.45, 2.75) is 32.6 Å². The van der Waals surface area contributed by atoms with Crippen LogP contribution in [0.3, 0.4) is 0 Å². The van der Waals surface area contributed by atoms with E-state index in [-0.39, 0.29) is 16.9 Å². The van der Waals surface area contributed by atoms with Crippen molar-refractivity contribution in [2.75, 3.05) is 38.2 Å². The van der Waals surface area contributed by atoms with Gasteiger partial charge in [0.15, 0.2) is 5.11 Å². The second-order valence-corrected chi connectivity index (χ2v) is 8.23. The summed E-state index contributed by atoms with van der Waals surface area (Å²) in [6, 6.07) is 14.0. The lowest BCUT2D eigenvalue weighted by atomic mass is 10.1. The number of rotatable bonds is 9. The molecule has 1 aliphatic rings. The summed E-state index contributed by atoms with van der Waals surface area (Å²) in [7, 11) is 0. The number of unbranched alkanes of at least 4 members (excludes halogenated alkanes) is 3. The molecular weight excluding hydrogens is 438 g/mol. The predicted octanol–water partition coefficient (Wildman–Crippen LogP) is 4.24. The number of carbonyl (C=O) groups is 2. The van der Waals surface area contributed by atoms with Crippen LogP contribution >= 0.6 is 12.2 Å². The van der Waals surface area contributed by atoms with Crippen molar-refractivity contribution in [3.63, 3.8) is 0 Å². The highest BCUT2D eigenvalue weighted by atomic mass is 32.1. The normalized spacial score (nSPS) is 13.3. The SMILES string of the molecule is CCCCCCOc1ccc(C(=O)NC(=S)Nc2ccc(C(=O)N3CCOCC3)cc2)cc1. The van der Waals surface area contributed by atoms with Crippen molar-refractivity contribution in [3.05, 3.63) is 59.7 Å². The number of ether oxygens (including phenoxy) is 2. The third-order valence-electron chi connectivity index (χ3n) is 5.30. The van der Waals surface area contributed by atoms with E-state index in [1.54, 1.807) is 53.4 Å². The lowest BCUT2D eigenvalue weighted by Crippen LogP contribution is -2.40. The Bertz CT molecular complexity index is 926. The van der Waals surface area contributed by atoms with Crippen LogP contribution in [0.5, 0.6) is 5.75 Å². The minimum absolute atomic E-state index is 0.0193. The van der Waals surface area contributed by atoms with Crippen LogP contribution in [0.1, 0.15) is 53.3 Å². The number of nitrogens with zero attached hydrogens (tertiary/aromatic N) is 1. The first-order chi connectivity index (χ1) is 16.1. The van der Waals surface area contributed by atoms with Gasteiger partial charge in [-0.2, -0.15) is 0 Å². The highest BCUT2D eigenvalue weighted by molar-refractivity contribution is 7.80. The summed E-state index contributed by atoms with van der Waals surface area (Å²) in [5.74, 6) is 0.422. The molecule has 2 aromatic carbocycles. The van der Waals surface area contributed by atoms with Crippen molar-refractivity contribution < 1.29 is 19.1 Å². The predicted molar refractivity (Wildman–Crippen MR) is 133 cm³/mol. The average molecular weight is 470 g/mol. The number of thiocarbonyl (C=S) groups is 1. The first-order valence-electron chi connectivity index (χ1n) is 11.4. The van der Waals surface area contributed by atoms with Gasteiger partial charge in [0, 0.05) is 29.9 Å². The molecule has 0 unspecified atom stereocenters. The van der Waals surface area contributed by atoms with Crippen LogP contribution in [0.15, 0.2) is 48.5 Å². The Morgan fingerprint density at radius 3 is 2.30 bits per heavy atom. The van der Waals surface area contributed by atoms with Crippen molar-refractivity contribution in [2.24, 2.45) is 0 Å². The number of anilines is 1. The van der Waals surface area contributed by atoms with Crippen molar-refractivity contribution in [1.29, 1.82) is 0 Å². The summed E-state index contributed by atoms with van der Waals surface area (Å²) in [6.45, 7) is 5.18. The molecule has 0 aromatic heterocycles. The highest BCUT2D eigenvalue weighted by Gasteiger charge is 2.18. The average Bonchev–Trinajstić information content (AvgIpc) is 2.85. The Balaban J connectivity index is 1.45. The third-order valence-corrected chi connectivity index (χ3v) is 5.50. The molecule has 1 fully saturated rings. The Hall–Kier alpha value is -2.97. The molecule has 0 spiro atoms. The Kier molecular flexibility index (Phi) is 9.65. The van der Waals surface area contributed by atoms with Crippen LogP contribution < -0.4 is 15.4 Å². The van der Waals surface area contributed by atoms with Gasteiger partial charge in [0.2, 0.25) is 0 Å². The molecule has 2 N–H and O–H groups in total. The molecule has 1 aliphatic heterocycles. The molecule has 2 aromatic rings. The van der Waals surface area contributed by atoms with Gasteiger partial charge in [-0.3, -0.25) is 14.9 Å². The molecular formula is C25H31N3O4S. The molecule has 1 heterocycles. The van der Waals surface area contributed by atoms with Crippen LogP contribution in [-0.4, -0.2) is 54.7 Å². The van der Waals surface area contributed by atoms with Crippen molar-refractivity contribution in [3.8, 4) is 5.75 Å². The fourth-order valence-corrected chi connectivity index (χ4v) is 3.61. The van der Waals surface area contributed by atoms with Crippen molar-refractivity contribution >= 4 is 34.8 Å². The smallest absolute Gasteiger partial charge is 0.257 e. The van der Waals surface area contributed by atoms with Crippen molar-refractivity contribution in [1.82, 2.24) is 10.2 Å². The summed E-state index contributed by atoms with van der Waals surface area (Å²) in [5.41, 5.74) is 1.78. The fourth-order valence-electron chi connectivity index (χ4n) is 3.40. The molecule has 0 atom stereocenters. The maximum atomic E-state index is 12.5. The largest absolute Gasteiger partial charge is 0.494 e. The summed E-state index contributed by atoms with van der Waals surface area (Å²) in [5, 5.41) is 5.83. The van der Waals surface area contributed by atoms with E-state index in [0.717, 1.165) is 18.6 Å². The number of benzene rings is 2. The van der Waals surface area contributed by atoms with Gasteiger partial charge in [0.1, 0.15) is 5.75 Å². The van der Waals surface area contributed by atoms with Gasteiger partial charge in [0.05, 0.1) is 19.8 Å². The van der Waals surface area contributed by atoms with E-state index in [2.05, 4.69) is 17.6 Å². The minimum Gasteiger partial charge on any atom is -0.494 e. The lowest BCUT2D eigenvalue weighted by molar-refractivity contribution is 0.0303. The topological polar surface area (TPSA) is 79.9 Å². The van der Waals surface area contributed by atoms with Gasteiger partial charge in [0.25, 0.3) is 11.8 Å². The maximum Gasteiger partial charge on any atom is 0.257 e. The minimum atomic E-state index is -0.305. The van der Waals surface area contributed by atoms with Crippen LogP contribution in [0.4, 0.5) is 5.69 Å². The molecule has 33 heavy (non-hydrogen) atoms. The van der Waals surface area contributed by atoms with E-state index in [4.69, 9.17) is 21.7 Å². The summed E-state index contributed by atoms with van der Waals surface area (Å²) < 4.78 is 11.0. The molecule has 0 saturated carbocycles. The van der Waals surface area contributed by atoms with Gasteiger partial charge < -0.3 is 19.7 Å². The van der Waals surface area contributed by atoms with Gasteiger partial charge in [-0.05, 0) is 67.2 Å². The first kappa shape index (κ1) is 24.7. The number of amides is 2. The van der Waals surface area contributed by atoms with E-state index < -0.39 is 0 Å². The molecule has 3 rings (SSSR count). The summed E-state index contributed by atoms with van der Waals surface area (Å²) in [6.07, 6.45) is 4.60. The van der Waals surface area contributed by atoms with Gasteiger partial charge >= 0.3 is 0 Å². The van der Waals surface area contributed by atoms with E-state index in [0.29, 0.717) is 49.7 Å². The molecule has 2 amide bonds. The zero-order valence-corrected chi connectivity index (χ0v) is 19.8. The number of hydrogen-bond donors (Lipinski definition) is 2. The van der Waals surface area contributed by atoms with Crippen LogP contribution in [0, 0.1) is 0 Å². The fraction of sp³-hybridized carbons (Fsp3) is 0.400. The van der Waals surface area contributed by atoms with Crippen LogP contribution in [0.2, 0.25) is 0 Å². The van der Waals surface area contributed by atoms with Gasteiger partial charge in [-0.15, -0.1) is 0 Å². The molecule has 176 valence electrons. The Morgan fingerprint density at radius 2 is 1.64 bits per heavy atom. The van der Waals surface area contributed by atoms with E-state index in [9.17, 15) is 9.59 Å². The third kappa shape index (κ3) is 7.83. The highest BCUT2D eigenvalue weighted by Crippen LogP contribution is 2.15. The zero-order chi connectivity index (χ0) is 23.5. The number of hydrogen-bond acceptors (Lipinski definition) is 5. The molecule has 7 nitrogen and oxygen atoms in total. The standard InChI is InChI=1S/C25H31N3O4S/c1-2-3-4-5-16-32-22-12-8-19(9-13-22)23(29)27-25(33)26-21-10-6-20(7-11-21)24(30)28-14-17-31-18-15-28/h6-13H,2-5,14-18H2,1H3,(H2,26,27,29,33). The second-order valence-electron chi connectivity index (χ2n) is 7.82. The molecule has 8 heteroatoms. The number of carbonyl (C=O) groups excluding carboxylic acids is 2. The molecule has 0 radical (unpaired) electrons. The lowest BCUT2D eigenvalue weighted by Gasteiger charge is -2.26. The van der Waals surface area contributed by atoms with Crippen LogP contribution in [-0.2, 0) is 4.74 Å². The Labute approximate surface area is 200 Å². The monoisotopic (exact) mass is 469 g/mol. The summed E-state index contributed by atoms with van der Waals surface area (Å²) >= 11 is 5.26. The van der Waals surface area contributed by atoms with E-state index in [1.807, 2.05) is 0 Å². The summed E-state index contributed by atoms with van der Waals surface area (Å²) in [4.78, 5) is 26.8. The number of morpholine rings is 1. The maximum absolute atomic E-state index is 12.5. The number of nitrogens with one attached hydrogen (secondary N) is 2. The molecule has 1 saturated heterocycles. The van der Waals surface area contributed by atoms with E-state index in [1.165, 1.54) is 12.8 Å². The molecule has 0 aliphatic carbocycles. The van der Waals surface area contributed by atoms with Crippen LogP contribution in [0.25, 0.3) is 0 Å². The van der Waals surface area contributed by atoms with Gasteiger partial charge in [-0.25, -0.2) is 0 Å². The Morgan fingerprint density at radius 1 is 0.970 bits per heavy atom. The quantitative estimate of drug-likeness (QED) is 0.422. The second kappa shape index (κ2) is 12.9.